The van der Waals surface area contributed by atoms with Crippen LogP contribution in [0.15, 0.2) is 30.3 Å². The highest BCUT2D eigenvalue weighted by Gasteiger charge is 2.47. The molecule has 0 nitrogen and oxygen atoms in total. The van der Waals surface area contributed by atoms with Gasteiger partial charge in [-0.25, -0.2) is 0 Å². The Morgan fingerprint density at radius 3 is 1.37 bits per heavy atom. The smallest absolute Gasteiger partial charge is 0.0936 e. The molecule has 0 N–H and O–H groups in total. The van der Waals surface area contributed by atoms with E-state index >= 15 is 0 Å². The summed E-state index contributed by atoms with van der Waals surface area (Å²) in [5.74, 6) is 1.04. The average molecular weight is 686 g/mol. The molecule has 0 radical (unpaired) electrons. The van der Waals surface area contributed by atoms with Crippen molar-refractivity contribution in [2.24, 2.45) is 5.92 Å². The quantitative estimate of drug-likeness (QED) is 0.239. The number of hydrogen-bond donors (Lipinski definition) is 0. The van der Waals surface area contributed by atoms with Crippen molar-refractivity contribution in [1.29, 1.82) is 0 Å². The predicted molar refractivity (Wildman–Crippen MR) is 217 cm³/mol. The van der Waals surface area contributed by atoms with Gasteiger partial charge in [0.1, 0.15) is 0 Å². The second-order valence-electron chi connectivity index (χ2n) is 17.0. The second-order valence-corrected chi connectivity index (χ2v) is 26.1. The van der Waals surface area contributed by atoms with E-state index in [4.69, 9.17) is 0 Å². The van der Waals surface area contributed by atoms with Gasteiger partial charge in [-0.2, -0.15) is 0 Å². The molecule has 6 aliphatic rings. The summed E-state index contributed by atoms with van der Waals surface area (Å²) >= 11 is 0. The summed E-state index contributed by atoms with van der Waals surface area (Å²) in [5, 5.41) is 1.69. The average Bonchev–Trinajstić information content (AvgIpc) is 3.86. The summed E-state index contributed by atoms with van der Waals surface area (Å²) in [4.78, 5) is 0. The SMILES string of the molecule is C1CCC(PC2CCCCC2)CC1.C1CCCC1.C[P+](C)(c1ccccc1)C1CCCC1CP(C1CCCCC1)C1CCCCC1. The Hall–Kier alpha value is 0.510. The van der Waals surface area contributed by atoms with E-state index in [2.05, 4.69) is 43.7 Å². The molecule has 0 heterocycles. The first-order valence-electron chi connectivity index (χ1n) is 21.0. The van der Waals surface area contributed by atoms with Gasteiger partial charge in [0.25, 0.3) is 0 Å². The van der Waals surface area contributed by atoms with E-state index in [9.17, 15) is 0 Å². The topological polar surface area (TPSA) is 0 Å². The maximum atomic E-state index is 2.66. The predicted octanol–water partition coefficient (Wildman–Crippen LogP) is 14.2. The Labute approximate surface area is 291 Å². The molecule has 6 aliphatic carbocycles. The fourth-order valence-electron chi connectivity index (χ4n) is 10.5. The minimum absolute atomic E-state index is 0.267. The van der Waals surface area contributed by atoms with Gasteiger partial charge in [-0.15, -0.1) is 8.58 Å². The molecule has 2 atom stereocenters. The molecule has 0 bridgehead atoms. The highest BCUT2D eigenvalue weighted by Crippen LogP contribution is 2.65. The van der Waals surface area contributed by atoms with Gasteiger partial charge in [0, 0.05) is 7.26 Å². The van der Waals surface area contributed by atoms with Crippen molar-refractivity contribution in [2.75, 3.05) is 19.5 Å². The summed E-state index contributed by atoms with van der Waals surface area (Å²) in [7, 11) is 0.573. The van der Waals surface area contributed by atoms with Crippen molar-refractivity contribution in [2.45, 2.75) is 208 Å². The first-order chi connectivity index (χ1) is 22.6. The van der Waals surface area contributed by atoms with Gasteiger partial charge < -0.3 is 0 Å². The lowest BCUT2D eigenvalue weighted by Gasteiger charge is -2.41. The van der Waals surface area contributed by atoms with Crippen LogP contribution in [0.5, 0.6) is 0 Å². The first kappa shape index (κ1) is 37.8. The van der Waals surface area contributed by atoms with E-state index in [0.717, 1.165) is 34.2 Å². The summed E-state index contributed by atoms with van der Waals surface area (Å²) in [5.41, 5.74) is 5.57. The molecule has 0 saturated heterocycles. The number of rotatable bonds is 8. The van der Waals surface area contributed by atoms with Crippen LogP contribution in [0.1, 0.15) is 180 Å². The molecule has 0 spiro atoms. The minimum atomic E-state index is -1.02. The van der Waals surface area contributed by atoms with Crippen LogP contribution in [0.4, 0.5) is 0 Å². The van der Waals surface area contributed by atoms with Crippen LogP contribution in [0, 0.1) is 5.92 Å². The maximum Gasteiger partial charge on any atom is 0.0936 e. The lowest BCUT2D eigenvalue weighted by atomic mass is 9.99. The molecule has 2 unspecified atom stereocenters. The lowest BCUT2D eigenvalue weighted by Crippen LogP contribution is -2.30. The standard InChI is InChI=1S/C26H43P2.C12H23P.C5H10/c1-28(2,25-18-10-5-11-19-25)26-20-12-13-22(26)21-27(23-14-6-3-7-15-23)24-16-8-4-9-17-24;1-3-7-11(8-4-1)13-12-9-5-2-6-10-12;1-2-4-5-3-1/h5,10-11,18-19,22-24,26H,3-4,6-9,12-17,20-21H2,1-2H3;11-13H,1-10H2;1-5H2/q+1;;. The summed E-state index contributed by atoms with van der Waals surface area (Å²) in [6, 6.07) is 11.6. The van der Waals surface area contributed by atoms with Crippen molar-refractivity contribution >= 4 is 29.1 Å². The Kier molecular flexibility index (Phi) is 17.2. The van der Waals surface area contributed by atoms with Crippen molar-refractivity contribution in [1.82, 2.24) is 0 Å². The number of benzene rings is 1. The van der Waals surface area contributed by atoms with Crippen LogP contribution in [-0.4, -0.2) is 47.8 Å². The first-order valence-corrected chi connectivity index (χ1v) is 26.6. The highest BCUT2D eigenvalue weighted by molar-refractivity contribution is 7.82. The molecule has 1 aromatic rings. The molecule has 46 heavy (non-hydrogen) atoms. The highest BCUT2D eigenvalue weighted by atomic mass is 31.2. The fraction of sp³-hybridized carbons (Fsp3) is 0.860. The molecule has 0 aliphatic heterocycles. The van der Waals surface area contributed by atoms with Gasteiger partial charge in [0.2, 0.25) is 0 Å². The van der Waals surface area contributed by atoms with Crippen molar-refractivity contribution < 1.29 is 0 Å². The molecule has 7 rings (SSSR count). The van der Waals surface area contributed by atoms with Gasteiger partial charge in [-0.1, -0.05) is 135 Å². The molecular weight excluding hydrogens is 609 g/mol. The maximum absolute atomic E-state index is 2.66. The van der Waals surface area contributed by atoms with Crippen molar-refractivity contribution in [3.63, 3.8) is 0 Å². The second kappa shape index (κ2) is 21.0. The summed E-state index contributed by atoms with van der Waals surface area (Å²) in [6.45, 7) is 5.32. The molecule has 0 aromatic heterocycles. The van der Waals surface area contributed by atoms with E-state index in [1.807, 2.05) is 0 Å². The van der Waals surface area contributed by atoms with Crippen molar-refractivity contribution in [3.8, 4) is 0 Å². The van der Waals surface area contributed by atoms with Crippen LogP contribution in [0.2, 0.25) is 0 Å². The van der Waals surface area contributed by atoms with E-state index < -0.39 is 7.26 Å². The molecule has 1 aromatic carbocycles. The van der Waals surface area contributed by atoms with Crippen LogP contribution >= 0.6 is 23.8 Å². The normalized spacial score (nSPS) is 27.5. The largest absolute Gasteiger partial charge is 0.116 e. The Morgan fingerprint density at radius 2 is 0.913 bits per heavy atom. The molecular formula is C43H76P3+. The Bertz CT molecular complexity index is 860. The Morgan fingerprint density at radius 1 is 0.500 bits per heavy atom. The van der Waals surface area contributed by atoms with Crippen LogP contribution in [0.3, 0.4) is 0 Å². The third kappa shape index (κ3) is 12.1. The zero-order chi connectivity index (χ0) is 31.9. The third-order valence-electron chi connectivity index (χ3n) is 13.3. The zero-order valence-corrected chi connectivity index (χ0v) is 33.5. The van der Waals surface area contributed by atoms with Gasteiger partial charge in [0.05, 0.1) is 24.3 Å². The number of hydrogen-bond acceptors (Lipinski definition) is 0. The molecule has 6 saturated carbocycles. The van der Waals surface area contributed by atoms with Gasteiger partial charge in [0.15, 0.2) is 0 Å². The minimum Gasteiger partial charge on any atom is -0.116 e. The van der Waals surface area contributed by atoms with E-state index in [1.165, 1.54) is 131 Å². The van der Waals surface area contributed by atoms with E-state index in [-0.39, 0.29) is 7.92 Å². The van der Waals surface area contributed by atoms with Crippen molar-refractivity contribution in [3.05, 3.63) is 30.3 Å². The fourth-order valence-corrected chi connectivity index (χ4v) is 20.5. The molecule has 3 heteroatoms. The van der Waals surface area contributed by atoms with Crippen LogP contribution < -0.4 is 5.30 Å². The summed E-state index contributed by atoms with van der Waals surface area (Å²) in [6.07, 6.45) is 44.6. The monoisotopic (exact) mass is 686 g/mol. The Balaban J connectivity index is 0.000000189. The third-order valence-corrected chi connectivity index (χ3v) is 23.2. The van der Waals surface area contributed by atoms with Gasteiger partial charge in [-0.3, -0.25) is 0 Å². The zero-order valence-electron chi connectivity index (χ0n) is 30.8. The molecule has 262 valence electrons. The van der Waals surface area contributed by atoms with E-state index in [1.54, 1.807) is 69.3 Å². The summed E-state index contributed by atoms with van der Waals surface area (Å²) < 4.78 is 0. The van der Waals surface area contributed by atoms with Gasteiger partial charge in [-0.05, 0) is 117 Å². The van der Waals surface area contributed by atoms with Crippen LogP contribution in [0.25, 0.3) is 0 Å². The van der Waals surface area contributed by atoms with Crippen LogP contribution in [-0.2, 0) is 0 Å². The lowest BCUT2D eigenvalue weighted by molar-refractivity contribution is 0.479. The molecule has 6 fully saturated rings. The van der Waals surface area contributed by atoms with E-state index in [0.29, 0.717) is 0 Å². The van der Waals surface area contributed by atoms with Gasteiger partial charge >= 0.3 is 0 Å². The molecule has 0 amide bonds.